The molecule has 0 aromatic rings. The van der Waals surface area contributed by atoms with Crippen LogP contribution in [0, 0.1) is 5.92 Å². The summed E-state index contributed by atoms with van der Waals surface area (Å²) in [6.07, 6.45) is 1.54. The second-order valence-electron chi connectivity index (χ2n) is 5.68. The maximum absolute atomic E-state index is 12.6. The largest absolute Gasteiger partial charge is 0.480 e. The summed E-state index contributed by atoms with van der Waals surface area (Å²) in [5.74, 6) is -1.63. The summed E-state index contributed by atoms with van der Waals surface area (Å²) >= 11 is 0. The molecule has 2 unspecified atom stereocenters. The van der Waals surface area contributed by atoms with Crippen molar-refractivity contribution in [2.45, 2.75) is 45.7 Å². The summed E-state index contributed by atoms with van der Waals surface area (Å²) in [5.41, 5.74) is 0. The van der Waals surface area contributed by atoms with Crippen molar-refractivity contribution in [3.8, 4) is 0 Å². The van der Waals surface area contributed by atoms with Crippen molar-refractivity contribution in [3.05, 3.63) is 0 Å². The SMILES string of the molecule is COC(=O)CN(C(=O)N1CCCC(C)C1C(=O)O)C(C)C. The second kappa shape index (κ2) is 7.28. The normalized spacial score (nSPS) is 22.0. The van der Waals surface area contributed by atoms with Crippen molar-refractivity contribution >= 4 is 18.0 Å². The van der Waals surface area contributed by atoms with Gasteiger partial charge in [0, 0.05) is 12.6 Å². The van der Waals surface area contributed by atoms with Crippen LogP contribution in [-0.4, -0.2) is 65.2 Å². The molecule has 0 saturated carbocycles. The molecule has 0 radical (unpaired) electrons. The highest BCUT2D eigenvalue weighted by Gasteiger charge is 2.39. The number of hydrogen-bond donors (Lipinski definition) is 1. The third kappa shape index (κ3) is 4.09. The standard InChI is InChI=1S/C14H24N2O5/c1-9(2)16(8-11(17)21-4)14(20)15-7-5-6-10(3)12(15)13(18)19/h9-10,12H,5-8H2,1-4H3,(H,18,19). The number of hydrogen-bond acceptors (Lipinski definition) is 4. The predicted molar refractivity (Wildman–Crippen MR) is 75.8 cm³/mol. The summed E-state index contributed by atoms with van der Waals surface area (Å²) in [4.78, 5) is 38.2. The number of carboxylic acids is 1. The Hall–Kier alpha value is -1.79. The van der Waals surface area contributed by atoms with Crippen molar-refractivity contribution in [2.24, 2.45) is 5.92 Å². The quantitative estimate of drug-likeness (QED) is 0.788. The number of likely N-dealkylation sites (tertiary alicyclic amines) is 1. The number of rotatable bonds is 4. The molecule has 1 aliphatic rings. The Morgan fingerprint density at radius 2 is 2.00 bits per heavy atom. The fourth-order valence-corrected chi connectivity index (χ4v) is 2.62. The molecule has 2 amide bonds. The minimum atomic E-state index is -1.00. The van der Waals surface area contributed by atoms with Gasteiger partial charge in [-0.1, -0.05) is 6.92 Å². The highest BCUT2D eigenvalue weighted by atomic mass is 16.5. The molecule has 1 N–H and O–H groups in total. The van der Waals surface area contributed by atoms with E-state index < -0.39 is 24.0 Å². The van der Waals surface area contributed by atoms with Gasteiger partial charge in [0.2, 0.25) is 0 Å². The van der Waals surface area contributed by atoms with Crippen LogP contribution in [0.3, 0.4) is 0 Å². The molecule has 0 bridgehead atoms. The monoisotopic (exact) mass is 300 g/mol. The number of nitrogens with zero attached hydrogens (tertiary/aromatic N) is 2. The lowest BCUT2D eigenvalue weighted by molar-refractivity contribution is -0.145. The van der Waals surface area contributed by atoms with Gasteiger partial charge in [0.1, 0.15) is 12.6 Å². The topological polar surface area (TPSA) is 87.2 Å². The number of ether oxygens (including phenoxy) is 1. The van der Waals surface area contributed by atoms with Crippen molar-refractivity contribution in [1.82, 2.24) is 9.80 Å². The summed E-state index contributed by atoms with van der Waals surface area (Å²) < 4.78 is 4.60. The zero-order chi connectivity index (χ0) is 16.2. The van der Waals surface area contributed by atoms with E-state index in [1.165, 1.54) is 16.9 Å². The molecule has 0 spiro atoms. The molecular formula is C14H24N2O5. The van der Waals surface area contributed by atoms with Gasteiger partial charge in [-0.25, -0.2) is 9.59 Å². The number of urea groups is 1. The molecule has 2 atom stereocenters. The average molecular weight is 300 g/mol. The first-order valence-corrected chi connectivity index (χ1v) is 7.16. The van der Waals surface area contributed by atoms with E-state index in [1.54, 1.807) is 13.8 Å². The van der Waals surface area contributed by atoms with Gasteiger partial charge in [0.25, 0.3) is 0 Å². The lowest BCUT2D eigenvalue weighted by Crippen LogP contribution is -2.57. The number of piperidine rings is 1. The molecule has 1 fully saturated rings. The third-order valence-electron chi connectivity index (χ3n) is 3.83. The average Bonchev–Trinajstić information content (AvgIpc) is 2.42. The fourth-order valence-electron chi connectivity index (χ4n) is 2.62. The van der Waals surface area contributed by atoms with Gasteiger partial charge in [-0.05, 0) is 32.6 Å². The number of carbonyl (C=O) groups is 3. The molecular weight excluding hydrogens is 276 g/mol. The molecule has 7 nitrogen and oxygen atoms in total. The van der Waals surface area contributed by atoms with Gasteiger partial charge in [-0.15, -0.1) is 0 Å². The Kier molecular flexibility index (Phi) is 5.99. The molecule has 0 aromatic carbocycles. The van der Waals surface area contributed by atoms with E-state index in [9.17, 15) is 19.5 Å². The third-order valence-corrected chi connectivity index (χ3v) is 3.83. The van der Waals surface area contributed by atoms with Crippen molar-refractivity contribution in [1.29, 1.82) is 0 Å². The maximum Gasteiger partial charge on any atom is 0.326 e. The van der Waals surface area contributed by atoms with E-state index in [0.29, 0.717) is 6.54 Å². The van der Waals surface area contributed by atoms with E-state index in [1.807, 2.05) is 6.92 Å². The summed E-state index contributed by atoms with van der Waals surface area (Å²) in [5, 5.41) is 9.37. The van der Waals surface area contributed by atoms with Crippen LogP contribution >= 0.6 is 0 Å². The van der Waals surface area contributed by atoms with Gasteiger partial charge >= 0.3 is 18.0 Å². The molecule has 21 heavy (non-hydrogen) atoms. The Balaban J connectivity index is 2.95. The lowest BCUT2D eigenvalue weighted by atomic mass is 9.91. The van der Waals surface area contributed by atoms with Crippen molar-refractivity contribution in [3.63, 3.8) is 0 Å². The van der Waals surface area contributed by atoms with Crippen molar-refractivity contribution in [2.75, 3.05) is 20.2 Å². The Labute approximate surface area is 124 Å². The van der Waals surface area contributed by atoms with Crippen LogP contribution in [0.1, 0.15) is 33.6 Å². The molecule has 120 valence electrons. The maximum atomic E-state index is 12.6. The number of methoxy groups -OCH3 is 1. The van der Waals surface area contributed by atoms with E-state index >= 15 is 0 Å². The molecule has 1 rings (SSSR count). The number of esters is 1. The number of aliphatic carboxylic acids is 1. The first-order chi connectivity index (χ1) is 9.79. The molecule has 0 aliphatic carbocycles. The molecule has 1 saturated heterocycles. The predicted octanol–water partition coefficient (Wildman–Crippen LogP) is 1.17. The molecule has 1 aliphatic heterocycles. The van der Waals surface area contributed by atoms with Crippen molar-refractivity contribution < 1.29 is 24.2 Å². The fraction of sp³-hybridized carbons (Fsp3) is 0.786. The number of carbonyl (C=O) groups excluding carboxylic acids is 2. The Morgan fingerprint density at radius 3 is 2.48 bits per heavy atom. The highest BCUT2D eigenvalue weighted by Crippen LogP contribution is 2.25. The van der Waals surface area contributed by atoms with Gasteiger partial charge in [0.05, 0.1) is 7.11 Å². The molecule has 1 heterocycles. The minimum absolute atomic E-state index is 0.104. The van der Waals surface area contributed by atoms with Crippen LogP contribution in [-0.2, 0) is 14.3 Å². The van der Waals surface area contributed by atoms with Gasteiger partial charge in [-0.2, -0.15) is 0 Å². The van der Waals surface area contributed by atoms with Crippen LogP contribution in [0.15, 0.2) is 0 Å². The number of carboxylic acid groups (broad SMARTS) is 1. The molecule has 7 heteroatoms. The van der Waals surface area contributed by atoms with Crippen LogP contribution in [0.4, 0.5) is 4.79 Å². The second-order valence-corrected chi connectivity index (χ2v) is 5.68. The first kappa shape index (κ1) is 17.3. The zero-order valence-corrected chi connectivity index (χ0v) is 13.0. The van der Waals surface area contributed by atoms with E-state index in [2.05, 4.69) is 4.74 Å². The first-order valence-electron chi connectivity index (χ1n) is 7.16. The van der Waals surface area contributed by atoms with Crippen LogP contribution < -0.4 is 0 Å². The lowest BCUT2D eigenvalue weighted by Gasteiger charge is -2.40. The van der Waals surface area contributed by atoms with Crippen LogP contribution in [0.25, 0.3) is 0 Å². The van der Waals surface area contributed by atoms with Gasteiger partial charge in [0.15, 0.2) is 0 Å². The van der Waals surface area contributed by atoms with Crippen LogP contribution in [0.2, 0.25) is 0 Å². The summed E-state index contributed by atoms with van der Waals surface area (Å²) in [6.45, 7) is 5.61. The van der Waals surface area contributed by atoms with E-state index in [0.717, 1.165) is 12.8 Å². The van der Waals surface area contributed by atoms with E-state index in [-0.39, 0.29) is 18.5 Å². The zero-order valence-electron chi connectivity index (χ0n) is 13.0. The Bertz CT molecular complexity index is 410. The highest BCUT2D eigenvalue weighted by molar-refractivity contribution is 5.85. The Morgan fingerprint density at radius 1 is 1.38 bits per heavy atom. The van der Waals surface area contributed by atoms with E-state index in [4.69, 9.17) is 0 Å². The minimum Gasteiger partial charge on any atom is -0.480 e. The summed E-state index contributed by atoms with van der Waals surface area (Å²) in [7, 11) is 1.26. The number of amides is 2. The summed E-state index contributed by atoms with van der Waals surface area (Å²) in [6, 6.07) is -1.48. The van der Waals surface area contributed by atoms with Gasteiger partial charge < -0.3 is 19.6 Å². The van der Waals surface area contributed by atoms with Gasteiger partial charge in [-0.3, -0.25) is 4.79 Å². The van der Waals surface area contributed by atoms with Crippen LogP contribution in [0.5, 0.6) is 0 Å². The smallest absolute Gasteiger partial charge is 0.326 e. The molecule has 0 aromatic heterocycles.